The molecule has 2 N–H and O–H groups in total. The van der Waals surface area contributed by atoms with Crippen LogP contribution in [0.4, 0.5) is 0 Å². The molecule has 0 heterocycles. The molecule has 0 aliphatic heterocycles. The number of rotatable bonds is 3. The van der Waals surface area contributed by atoms with Gasteiger partial charge < -0.3 is 5.73 Å². The fourth-order valence-corrected chi connectivity index (χ4v) is 3.35. The topological polar surface area (TPSA) is 26.0 Å². The van der Waals surface area contributed by atoms with Crippen molar-refractivity contribution in [3.05, 3.63) is 67.6 Å². The summed E-state index contributed by atoms with van der Waals surface area (Å²) in [6.07, 6.45) is 0.725. The molecule has 0 saturated carbocycles. The molecule has 1 atom stereocenters. The SMILES string of the molecule is NC(Cc1ccccc1Cl)c1cc(Br)cc(Br)c1. The molecular weight excluding hydrogens is 377 g/mol. The second kappa shape index (κ2) is 6.20. The van der Waals surface area contributed by atoms with Crippen molar-refractivity contribution < 1.29 is 0 Å². The first-order valence-corrected chi connectivity index (χ1v) is 7.47. The van der Waals surface area contributed by atoms with Crippen LogP contribution in [0.3, 0.4) is 0 Å². The molecule has 0 aliphatic rings. The first kappa shape index (κ1) is 14.1. The lowest BCUT2D eigenvalue weighted by Crippen LogP contribution is -2.13. The van der Waals surface area contributed by atoms with E-state index in [0.29, 0.717) is 0 Å². The summed E-state index contributed by atoms with van der Waals surface area (Å²) in [5.74, 6) is 0. The molecule has 2 aromatic rings. The monoisotopic (exact) mass is 387 g/mol. The average molecular weight is 390 g/mol. The molecule has 0 radical (unpaired) electrons. The van der Waals surface area contributed by atoms with E-state index in [9.17, 15) is 0 Å². The van der Waals surface area contributed by atoms with Gasteiger partial charge in [0.1, 0.15) is 0 Å². The largest absolute Gasteiger partial charge is 0.324 e. The van der Waals surface area contributed by atoms with E-state index in [1.54, 1.807) is 0 Å². The highest BCUT2D eigenvalue weighted by Gasteiger charge is 2.10. The normalized spacial score (nSPS) is 12.4. The average Bonchev–Trinajstić information content (AvgIpc) is 2.31. The van der Waals surface area contributed by atoms with E-state index >= 15 is 0 Å². The molecule has 2 aromatic carbocycles. The van der Waals surface area contributed by atoms with Crippen molar-refractivity contribution in [1.82, 2.24) is 0 Å². The van der Waals surface area contributed by atoms with E-state index in [2.05, 4.69) is 31.9 Å². The van der Waals surface area contributed by atoms with Gasteiger partial charge in [0.15, 0.2) is 0 Å². The zero-order valence-electron chi connectivity index (χ0n) is 9.54. The molecule has 18 heavy (non-hydrogen) atoms. The van der Waals surface area contributed by atoms with E-state index in [-0.39, 0.29) is 6.04 Å². The summed E-state index contributed by atoms with van der Waals surface area (Å²) in [4.78, 5) is 0. The standard InChI is InChI=1S/C14H12Br2ClN/c15-11-5-10(6-12(16)8-11)14(18)7-9-3-1-2-4-13(9)17/h1-6,8,14H,7,18H2. The molecule has 2 rings (SSSR count). The molecule has 4 heteroatoms. The quantitative estimate of drug-likeness (QED) is 0.776. The van der Waals surface area contributed by atoms with Crippen LogP contribution in [0.25, 0.3) is 0 Å². The number of halogens is 3. The fraction of sp³-hybridized carbons (Fsp3) is 0.143. The van der Waals surface area contributed by atoms with Crippen LogP contribution in [-0.2, 0) is 6.42 Å². The first-order valence-electron chi connectivity index (χ1n) is 5.51. The van der Waals surface area contributed by atoms with E-state index in [4.69, 9.17) is 17.3 Å². The van der Waals surface area contributed by atoms with Gasteiger partial charge in [0.2, 0.25) is 0 Å². The van der Waals surface area contributed by atoms with Crippen LogP contribution < -0.4 is 5.73 Å². The highest BCUT2D eigenvalue weighted by Crippen LogP contribution is 2.26. The number of hydrogen-bond donors (Lipinski definition) is 1. The Kier molecular flexibility index (Phi) is 4.84. The predicted octanol–water partition coefficient (Wildman–Crippen LogP) is 5.11. The number of hydrogen-bond acceptors (Lipinski definition) is 1. The van der Waals surface area contributed by atoms with Crippen LogP contribution in [-0.4, -0.2) is 0 Å². The third-order valence-corrected chi connectivity index (χ3v) is 4.00. The number of benzene rings is 2. The minimum atomic E-state index is -0.0706. The van der Waals surface area contributed by atoms with Gasteiger partial charge >= 0.3 is 0 Å². The third kappa shape index (κ3) is 3.58. The Morgan fingerprint density at radius 3 is 2.28 bits per heavy atom. The molecule has 0 amide bonds. The summed E-state index contributed by atoms with van der Waals surface area (Å²) in [6.45, 7) is 0. The highest BCUT2D eigenvalue weighted by atomic mass is 79.9. The van der Waals surface area contributed by atoms with Gasteiger partial charge in [-0.2, -0.15) is 0 Å². The molecule has 0 aliphatic carbocycles. The van der Waals surface area contributed by atoms with Crippen LogP contribution in [0.5, 0.6) is 0 Å². The summed E-state index contributed by atoms with van der Waals surface area (Å²) < 4.78 is 2.03. The van der Waals surface area contributed by atoms with E-state index in [1.807, 2.05) is 42.5 Å². The molecule has 0 fully saturated rings. The molecule has 1 nitrogen and oxygen atoms in total. The Morgan fingerprint density at radius 1 is 1.06 bits per heavy atom. The summed E-state index contributed by atoms with van der Waals surface area (Å²) in [7, 11) is 0. The maximum Gasteiger partial charge on any atom is 0.0438 e. The van der Waals surface area contributed by atoms with Crippen molar-refractivity contribution in [3.63, 3.8) is 0 Å². The zero-order valence-corrected chi connectivity index (χ0v) is 13.5. The second-order valence-electron chi connectivity index (χ2n) is 4.10. The summed E-state index contributed by atoms with van der Waals surface area (Å²) >= 11 is 13.1. The lowest BCUT2D eigenvalue weighted by molar-refractivity contribution is 0.721. The van der Waals surface area contributed by atoms with E-state index < -0.39 is 0 Å². The minimum Gasteiger partial charge on any atom is -0.324 e. The molecule has 1 unspecified atom stereocenters. The van der Waals surface area contributed by atoms with Crippen LogP contribution >= 0.6 is 43.5 Å². The lowest BCUT2D eigenvalue weighted by Gasteiger charge is -2.14. The zero-order chi connectivity index (χ0) is 13.1. The van der Waals surface area contributed by atoms with Crippen molar-refractivity contribution in [2.24, 2.45) is 5.73 Å². The van der Waals surface area contributed by atoms with Crippen molar-refractivity contribution >= 4 is 43.5 Å². The summed E-state index contributed by atoms with van der Waals surface area (Å²) in [6, 6.07) is 13.8. The Labute approximate surface area is 129 Å². The van der Waals surface area contributed by atoms with Gasteiger partial charge in [0, 0.05) is 20.0 Å². The third-order valence-electron chi connectivity index (χ3n) is 2.71. The molecule has 0 spiro atoms. The van der Waals surface area contributed by atoms with Gasteiger partial charge in [-0.05, 0) is 41.8 Å². The van der Waals surface area contributed by atoms with Crippen LogP contribution in [0.2, 0.25) is 5.02 Å². The maximum absolute atomic E-state index is 6.23. The van der Waals surface area contributed by atoms with Gasteiger partial charge in [-0.15, -0.1) is 0 Å². The Bertz CT molecular complexity index is 537. The Morgan fingerprint density at radius 2 is 1.67 bits per heavy atom. The minimum absolute atomic E-state index is 0.0706. The highest BCUT2D eigenvalue weighted by molar-refractivity contribution is 9.11. The van der Waals surface area contributed by atoms with E-state index in [1.165, 1.54) is 0 Å². The van der Waals surface area contributed by atoms with Crippen LogP contribution in [0.1, 0.15) is 17.2 Å². The molecule has 0 saturated heterocycles. The smallest absolute Gasteiger partial charge is 0.0438 e. The molecule has 0 bridgehead atoms. The Hall–Kier alpha value is -0.350. The first-order chi connectivity index (χ1) is 8.56. The molecule has 0 aromatic heterocycles. The predicted molar refractivity (Wildman–Crippen MR) is 83.9 cm³/mol. The van der Waals surface area contributed by atoms with Gasteiger partial charge in [-0.3, -0.25) is 0 Å². The van der Waals surface area contributed by atoms with Crippen molar-refractivity contribution in [3.8, 4) is 0 Å². The maximum atomic E-state index is 6.23. The molecular formula is C14H12Br2ClN. The van der Waals surface area contributed by atoms with Crippen LogP contribution in [0.15, 0.2) is 51.4 Å². The van der Waals surface area contributed by atoms with Gasteiger partial charge in [0.25, 0.3) is 0 Å². The van der Waals surface area contributed by atoms with Gasteiger partial charge in [0.05, 0.1) is 0 Å². The second-order valence-corrected chi connectivity index (χ2v) is 6.34. The Balaban J connectivity index is 2.22. The van der Waals surface area contributed by atoms with Crippen molar-refractivity contribution in [2.45, 2.75) is 12.5 Å². The molecule has 94 valence electrons. The van der Waals surface area contributed by atoms with Crippen molar-refractivity contribution in [1.29, 1.82) is 0 Å². The lowest BCUT2D eigenvalue weighted by atomic mass is 10.00. The van der Waals surface area contributed by atoms with Crippen molar-refractivity contribution in [2.75, 3.05) is 0 Å². The van der Waals surface area contributed by atoms with Crippen LogP contribution in [0, 0.1) is 0 Å². The summed E-state index contributed by atoms with van der Waals surface area (Å²) in [5, 5.41) is 0.766. The summed E-state index contributed by atoms with van der Waals surface area (Å²) in [5.41, 5.74) is 8.39. The van der Waals surface area contributed by atoms with Gasteiger partial charge in [-0.1, -0.05) is 61.7 Å². The van der Waals surface area contributed by atoms with Gasteiger partial charge in [-0.25, -0.2) is 0 Å². The fourth-order valence-electron chi connectivity index (χ4n) is 1.81. The van der Waals surface area contributed by atoms with E-state index in [0.717, 1.165) is 31.5 Å². The number of nitrogens with two attached hydrogens (primary N) is 1.